The topological polar surface area (TPSA) is 12.5 Å². The van der Waals surface area contributed by atoms with Gasteiger partial charge < -0.3 is 4.43 Å². The van der Waals surface area contributed by atoms with Gasteiger partial charge in [0, 0.05) is 23.2 Å². The summed E-state index contributed by atoms with van der Waals surface area (Å²) >= 11 is 0. The molecule has 5 rings (SSSR count). The Balaban J connectivity index is 1.49. The Morgan fingerprint density at radius 3 is 2.22 bits per heavy atom. The first-order chi connectivity index (χ1) is 21.6. The Kier molecular flexibility index (Phi) is 10.8. The molecule has 0 aromatic heterocycles. The summed E-state index contributed by atoms with van der Waals surface area (Å²) in [6.45, 7) is 19.9. The number of nitrogens with zero attached hydrogens (tertiary/aromatic N) is 1. The Bertz CT molecular complexity index is 1440. The molecule has 0 heterocycles. The highest BCUT2D eigenvalue weighted by atomic mass is 28.4. The molecular formula is C42H59NOSi. The predicted molar refractivity (Wildman–Crippen MR) is 198 cm³/mol. The largest absolute Gasteiger partial charge is 0.543 e. The molecule has 0 saturated heterocycles. The first-order valence-corrected chi connectivity index (χ1v) is 21.1. The molecule has 3 heteroatoms. The van der Waals surface area contributed by atoms with Crippen molar-refractivity contribution in [3.63, 3.8) is 0 Å². The number of fused-ring (bicyclic) bond motifs is 1. The van der Waals surface area contributed by atoms with Gasteiger partial charge in [-0.05, 0) is 84.6 Å². The van der Waals surface area contributed by atoms with E-state index in [1.807, 2.05) is 0 Å². The average Bonchev–Trinajstić information content (AvgIpc) is 3.44. The van der Waals surface area contributed by atoms with Crippen molar-refractivity contribution < 1.29 is 4.43 Å². The molecule has 1 fully saturated rings. The molecule has 1 saturated carbocycles. The second kappa shape index (κ2) is 14.4. The van der Waals surface area contributed by atoms with Crippen molar-refractivity contribution in [1.82, 2.24) is 4.90 Å². The molecule has 0 N–H and O–H groups in total. The molecule has 2 unspecified atom stereocenters. The molecule has 0 bridgehead atoms. The highest BCUT2D eigenvalue weighted by Crippen LogP contribution is 2.48. The van der Waals surface area contributed by atoms with E-state index in [1.54, 1.807) is 0 Å². The average molecular weight is 622 g/mol. The number of benzene rings is 3. The summed E-state index contributed by atoms with van der Waals surface area (Å²) in [4.78, 5) is 2.84. The summed E-state index contributed by atoms with van der Waals surface area (Å²) in [7, 11) is -2.28. The highest BCUT2D eigenvalue weighted by molar-refractivity contribution is 6.74. The van der Waals surface area contributed by atoms with Gasteiger partial charge in [0.15, 0.2) is 0 Å². The van der Waals surface area contributed by atoms with Crippen LogP contribution >= 0.6 is 0 Å². The summed E-state index contributed by atoms with van der Waals surface area (Å²) in [5.41, 5.74) is 10.3. The fourth-order valence-corrected chi connectivity index (χ4v) is 11.3. The number of hydrogen-bond donors (Lipinski definition) is 0. The minimum Gasteiger partial charge on any atom is -0.543 e. The molecule has 0 aliphatic heterocycles. The number of unbranched alkanes of at least 4 members (excludes halogenated alkanes) is 1. The fourth-order valence-electron chi connectivity index (χ4n) is 8.23. The lowest BCUT2D eigenvalue weighted by molar-refractivity contribution is 0.102. The van der Waals surface area contributed by atoms with Crippen molar-refractivity contribution in [1.29, 1.82) is 0 Å². The zero-order valence-corrected chi connectivity index (χ0v) is 30.6. The van der Waals surface area contributed by atoms with Crippen LogP contribution < -0.4 is 4.43 Å². The third-order valence-electron chi connectivity index (χ3n) is 10.6. The van der Waals surface area contributed by atoms with Crippen molar-refractivity contribution >= 4 is 14.4 Å². The van der Waals surface area contributed by atoms with Gasteiger partial charge in [0.1, 0.15) is 5.75 Å². The van der Waals surface area contributed by atoms with Crippen LogP contribution in [0.1, 0.15) is 133 Å². The molecule has 0 radical (unpaired) electrons. The Hall–Kier alpha value is -2.62. The SMILES string of the molecule is CCCCC(c1ccccc1O[Si](C)(C)C1C(CC)=Cc2c(-c3ccc(C(C)(C)C)cc3)cccc21)N(CC)C1CCCCC1. The van der Waals surface area contributed by atoms with E-state index in [0.717, 1.165) is 18.7 Å². The monoisotopic (exact) mass is 621 g/mol. The second-order valence-electron chi connectivity index (χ2n) is 15.2. The zero-order valence-electron chi connectivity index (χ0n) is 29.6. The first-order valence-electron chi connectivity index (χ1n) is 18.1. The Morgan fingerprint density at radius 1 is 0.867 bits per heavy atom. The van der Waals surface area contributed by atoms with Gasteiger partial charge in [0.2, 0.25) is 0 Å². The van der Waals surface area contributed by atoms with Gasteiger partial charge in [-0.2, -0.15) is 0 Å². The van der Waals surface area contributed by atoms with E-state index in [1.165, 1.54) is 90.3 Å². The zero-order chi connectivity index (χ0) is 32.2. The predicted octanol–water partition coefficient (Wildman–Crippen LogP) is 12.3. The molecule has 45 heavy (non-hydrogen) atoms. The van der Waals surface area contributed by atoms with Gasteiger partial charge in [-0.3, -0.25) is 4.90 Å². The molecule has 2 aliphatic rings. The fraction of sp³-hybridized carbons (Fsp3) is 0.524. The normalized spacial score (nSPS) is 18.2. The van der Waals surface area contributed by atoms with E-state index in [0.29, 0.717) is 17.6 Å². The van der Waals surface area contributed by atoms with E-state index in [4.69, 9.17) is 4.43 Å². The number of hydrogen-bond acceptors (Lipinski definition) is 2. The van der Waals surface area contributed by atoms with Crippen LogP contribution in [0.25, 0.3) is 17.2 Å². The number of rotatable bonds is 12. The van der Waals surface area contributed by atoms with Crippen molar-refractivity contribution in [3.8, 4) is 16.9 Å². The molecule has 0 amide bonds. The number of para-hydroxylation sites is 1. The van der Waals surface area contributed by atoms with Crippen molar-refractivity contribution in [3.05, 3.63) is 94.6 Å². The van der Waals surface area contributed by atoms with Gasteiger partial charge in [-0.1, -0.05) is 146 Å². The van der Waals surface area contributed by atoms with Crippen LogP contribution in [0.3, 0.4) is 0 Å². The molecule has 0 spiro atoms. The summed E-state index contributed by atoms with van der Waals surface area (Å²) in [6.07, 6.45) is 14.0. The maximum atomic E-state index is 7.42. The minimum absolute atomic E-state index is 0.154. The van der Waals surface area contributed by atoms with Crippen LogP contribution in [0.5, 0.6) is 5.75 Å². The lowest BCUT2D eigenvalue weighted by Crippen LogP contribution is -2.43. The molecular weight excluding hydrogens is 563 g/mol. The van der Waals surface area contributed by atoms with Crippen molar-refractivity contribution in [2.45, 2.75) is 135 Å². The summed E-state index contributed by atoms with van der Waals surface area (Å²) in [5.74, 6) is 1.13. The van der Waals surface area contributed by atoms with Gasteiger partial charge >= 0.3 is 0 Å². The van der Waals surface area contributed by atoms with Crippen LogP contribution in [0.15, 0.2) is 72.3 Å². The van der Waals surface area contributed by atoms with Gasteiger partial charge in [0.25, 0.3) is 8.32 Å². The van der Waals surface area contributed by atoms with Gasteiger partial charge in [0.05, 0.1) is 0 Å². The van der Waals surface area contributed by atoms with E-state index < -0.39 is 8.32 Å². The summed E-state index contributed by atoms with van der Waals surface area (Å²) < 4.78 is 7.42. The van der Waals surface area contributed by atoms with Crippen LogP contribution in [-0.2, 0) is 5.41 Å². The molecule has 2 aliphatic carbocycles. The van der Waals surface area contributed by atoms with E-state index in [9.17, 15) is 0 Å². The number of allylic oxidation sites excluding steroid dienone is 1. The Labute approximate surface area is 276 Å². The van der Waals surface area contributed by atoms with Crippen LogP contribution in [-0.4, -0.2) is 25.8 Å². The lowest BCUT2D eigenvalue weighted by Gasteiger charge is -2.41. The van der Waals surface area contributed by atoms with Gasteiger partial charge in [-0.15, -0.1) is 0 Å². The molecule has 242 valence electrons. The maximum Gasteiger partial charge on any atom is 0.256 e. The first kappa shape index (κ1) is 33.7. The Morgan fingerprint density at radius 2 is 1.58 bits per heavy atom. The minimum atomic E-state index is -2.28. The molecule has 3 aromatic carbocycles. The molecule has 3 aromatic rings. The van der Waals surface area contributed by atoms with E-state index >= 15 is 0 Å². The van der Waals surface area contributed by atoms with Crippen LogP contribution in [0, 0.1) is 0 Å². The summed E-state index contributed by atoms with van der Waals surface area (Å²) in [5, 5.41) is 0. The van der Waals surface area contributed by atoms with Crippen LogP contribution in [0.2, 0.25) is 13.1 Å². The van der Waals surface area contributed by atoms with Crippen molar-refractivity contribution in [2.75, 3.05) is 6.54 Å². The molecule has 2 atom stereocenters. The molecule has 2 nitrogen and oxygen atoms in total. The summed E-state index contributed by atoms with van der Waals surface area (Å²) in [6, 6.07) is 26.4. The van der Waals surface area contributed by atoms with Crippen LogP contribution in [0.4, 0.5) is 0 Å². The second-order valence-corrected chi connectivity index (χ2v) is 19.2. The third kappa shape index (κ3) is 7.36. The quantitative estimate of drug-likeness (QED) is 0.187. The van der Waals surface area contributed by atoms with E-state index in [-0.39, 0.29) is 5.41 Å². The maximum absolute atomic E-state index is 7.42. The smallest absolute Gasteiger partial charge is 0.256 e. The third-order valence-corrected chi connectivity index (χ3v) is 13.4. The van der Waals surface area contributed by atoms with Crippen molar-refractivity contribution in [2.24, 2.45) is 0 Å². The van der Waals surface area contributed by atoms with E-state index in [2.05, 4.69) is 132 Å². The highest BCUT2D eigenvalue weighted by Gasteiger charge is 2.43. The lowest BCUT2D eigenvalue weighted by atomic mass is 9.86. The van der Waals surface area contributed by atoms with Gasteiger partial charge in [-0.25, -0.2) is 0 Å². The standard InChI is InChI=1S/C42H59NOSi/c1-9-12-24-39(43(11-3)34-19-14-13-15-20-34)37-21-16-17-25-40(37)44-45(7,8)41-31(10-2)30-38-35(22-18-23-36(38)41)32-26-28-33(29-27-32)42(4,5)6/h16-18,21-23,25-30,34,39,41H,9-15,19-20,24H2,1-8H3.